The molecule has 1 fully saturated rings. The predicted octanol–water partition coefficient (Wildman–Crippen LogP) is 5.13. The van der Waals surface area contributed by atoms with Crippen molar-refractivity contribution in [2.24, 2.45) is 0 Å². The molecule has 4 rings (SSSR count). The fraction of sp³-hybridized carbons (Fsp3) is 0.455. The zero-order chi connectivity index (χ0) is 18.6. The first-order chi connectivity index (χ1) is 13.2. The molecule has 2 heterocycles. The van der Waals surface area contributed by atoms with Crippen molar-refractivity contribution < 1.29 is 9.47 Å². The second-order valence-corrected chi connectivity index (χ2v) is 8.18. The van der Waals surface area contributed by atoms with E-state index < -0.39 is 0 Å². The first-order valence-electron chi connectivity index (χ1n) is 9.74. The number of anilines is 1. The molecule has 2 aliphatic rings. The van der Waals surface area contributed by atoms with Crippen molar-refractivity contribution in [2.45, 2.75) is 18.9 Å². The number of benzene rings is 2. The summed E-state index contributed by atoms with van der Waals surface area (Å²) in [5.41, 5.74) is 4.09. The summed E-state index contributed by atoms with van der Waals surface area (Å²) >= 11 is 3.58. The van der Waals surface area contributed by atoms with E-state index in [0.29, 0.717) is 0 Å². The largest absolute Gasteiger partial charge is 0.497 e. The van der Waals surface area contributed by atoms with Crippen LogP contribution >= 0.6 is 40.7 Å². The quantitative estimate of drug-likeness (QED) is 0.564. The summed E-state index contributed by atoms with van der Waals surface area (Å²) in [6, 6.07) is 15.0. The fourth-order valence-electron chi connectivity index (χ4n) is 4.07. The first kappa shape index (κ1) is 24.3. The summed E-state index contributed by atoms with van der Waals surface area (Å²) < 4.78 is 12.5. The van der Waals surface area contributed by atoms with Crippen LogP contribution in [0.2, 0.25) is 0 Å². The van der Waals surface area contributed by atoms with Crippen LogP contribution < -0.4 is 9.64 Å². The maximum Gasteiger partial charge on any atom is 0.119 e. The SMILES string of the molecule is COc1ccc(N2CCN(CCC3OCCc4cc(Br)ccc43)CC2)cc1.Cl.Cl. The van der Waals surface area contributed by atoms with Gasteiger partial charge in [-0.25, -0.2) is 0 Å². The standard InChI is InChI=1S/C22H27BrN2O2.2ClH/c1-26-20-5-3-19(4-6-20)25-13-11-24(12-14-25)10-8-22-21-7-2-18(23)16-17(21)9-15-27-22;;/h2-7,16,22H,8-15H2,1H3;2*1H. The van der Waals surface area contributed by atoms with Crippen LogP contribution in [0.15, 0.2) is 46.9 Å². The Morgan fingerprint density at radius 1 is 1.03 bits per heavy atom. The Labute approximate surface area is 194 Å². The zero-order valence-electron chi connectivity index (χ0n) is 16.7. The lowest BCUT2D eigenvalue weighted by molar-refractivity contribution is 0.0289. The second kappa shape index (κ2) is 11.4. The second-order valence-electron chi connectivity index (χ2n) is 7.27. The molecule has 0 aromatic heterocycles. The van der Waals surface area contributed by atoms with Gasteiger partial charge in [0.1, 0.15) is 5.75 Å². The van der Waals surface area contributed by atoms with Crippen LogP contribution in [0.25, 0.3) is 0 Å². The third kappa shape index (κ3) is 6.02. The van der Waals surface area contributed by atoms with E-state index in [0.717, 1.165) is 62.4 Å². The summed E-state index contributed by atoms with van der Waals surface area (Å²) in [6.45, 7) is 6.27. The van der Waals surface area contributed by atoms with E-state index in [1.165, 1.54) is 16.8 Å². The van der Waals surface area contributed by atoms with Gasteiger partial charge in [-0.05, 0) is 60.4 Å². The van der Waals surface area contributed by atoms with Crippen LogP contribution in [0.1, 0.15) is 23.7 Å². The first-order valence-corrected chi connectivity index (χ1v) is 10.5. The number of fused-ring (bicyclic) bond motifs is 1. The summed E-state index contributed by atoms with van der Waals surface area (Å²) in [5.74, 6) is 0.914. The highest BCUT2D eigenvalue weighted by Crippen LogP contribution is 2.32. The van der Waals surface area contributed by atoms with Gasteiger partial charge in [0.25, 0.3) is 0 Å². The smallest absolute Gasteiger partial charge is 0.119 e. The molecule has 0 spiro atoms. The molecule has 1 unspecified atom stereocenters. The Hall–Kier alpha value is -0.980. The Kier molecular flexibility index (Phi) is 9.57. The molecule has 0 bridgehead atoms. The van der Waals surface area contributed by atoms with Gasteiger partial charge in [0.2, 0.25) is 0 Å². The minimum absolute atomic E-state index is 0. The summed E-state index contributed by atoms with van der Waals surface area (Å²) in [5, 5.41) is 0. The molecule has 0 aliphatic carbocycles. The van der Waals surface area contributed by atoms with Gasteiger partial charge in [0, 0.05) is 42.9 Å². The van der Waals surface area contributed by atoms with E-state index in [1.54, 1.807) is 7.11 Å². The van der Waals surface area contributed by atoms with Crippen LogP contribution in [-0.2, 0) is 11.2 Å². The van der Waals surface area contributed by atoms with Crippen LogP contribution in [-0.4, -0.2) is 51.3 Å². The maximum absolute atomic E-state index is 6.08. The number of piperazine rings is 1. The molecule has 29 heavy (non-hydrogen) atoms. The highest BCUT2D eigenvalue weighted by Gasteiger charge is 2.23. The number of hydrogen-bond acceptors (Lipinski definition) is 4. The molecule has 0 N–H and O–H groups in total. The van der Waals surface area contributed by atoms with Crippen molar-refractivity contribution in [3.05, 3.63) is 58.1 Å². The molecular weight excluding hydrogens is 475 g/mol. The van der Waals surface area contributed by atoms with Crippen LogP contribution in [0, 0.1) is 0 Å². The van der Waals surface area contributed by atoms with Crippen molar-refractivity contribution in [2.75, 3.05) is 51.3 Å². The zero-order valence-corrected chi connectivity index (χ0v) is 19.9. The molecule has 0 saturated carbocycles. The van der Waals surface area contributed by atoms with Crippen LogP contribution in [0.4, 0.5) is 5.69 Å². The molecule has 2 aliphatic heterocycles. The minimum Gasteiger partial charge on any atom is -0.497 e. The van der Waals surface area contributed by atoms with Crippen LogP contribution in [0.3, 0.4) is 0 Å². The number of halogens is 3. The van der Waals surface area contributed by atoms with Gasteiger partial charge < -0.3 is 14.4 Å². The number of hydrogen-bond donors (Lipinski definition) is 0. The van der Waals surface area contributed by atoms with Crippen molar-refractivity contribution in [3.63, 3.8) is 0 Å². The molecule has 7 heteroatoms. The number of methoxy groups -OCH3 is 1. The summed E-state index contributed by atoms with van der Waals surface area (Å²) in [6.07, 6.45) is 2.32. The lowest BCUT2D eigenvalue weighted by Gasteiger charge is -2.37. The van der Waals surface area contributed by atoms with Gasteiger partial charge in [-0.3, -0.25) is 4.90 Å². The maximum atomic E-state index is 6.08. The van der Waals surface area contributed by atoms with Gasteiger partial charge in [-0.2, -0.15) is 0 Å². The predicted molar refractivity (Wildman–Crippen MR) is 127 cm³/mol. The molecule has 4 nitrogen and oxygen atoms in total. The molecular formula is C22H29BrCl2N2O2. The number of ether oxygens (including phenoxy) is 2. The van der Waals surface area contributed by atoms with Crippen molar-refractivity contribution in [1.29, 1.82) is 0 Å². The topological polar surface area (TPSA) is 24.9 Å². The Balaban J connectivity index is 0.00000150. The Morgan fingerprint density at radius 3 is 2.45 bits per heavy atom. The number of nitrogens with zero attached hydrogens (tertiary/aromatic N) is 2. The Bertz CT molecular complexity index is 768. The molecule has 0 radical (unpaired) electrons. The fourth-order valence-corrected chi connectivity index (χ4v) is 4.48. The highest BCUT2D eigenvalue weighted by molar-refractivity contribution is 9.10. The van der Waals surface area contributed by atoms with Crippen LogP contribution in [0.5, 0.6) is 5.75 Å². The summed E-state index contributed by atoms with van der Waals surface area (Å²) in [7, 11) is 1.71. The monoisotopic (exact) mass is 502 g/mol. The van der Waals surface area contributed by atoms with Crippen molar-refractivity contribution >= 4 is 46.4 Å². The van der Waals surface area contributed by atoms with E-state index in [2.05, 4.69) is 56.1 Å². The lowest BCUT2D eigenvalue weighted by atomic mass is 9.95. The van der Waals surface area contributed by atoms with Gasteiger partial charge in [-0.1, -0.05) is 22.0 Å². The summed E-state index contributed by atoms with van der Waals surface area (Å²) in [4.78, 5) is 5.02. The lowest BCUT2D eigenvalue weighted by Crippen LogP contribution is -2.46. The third-order valence-corrected chi connectivity index (χ3v) is 6.15. The van der Waals surface area contributed by atoms with Gasteiger partial charge in [-0.15, -0.1) is 24.8 Å². The van der Waals surface area contributed by atoms with E-state index in [-0.39, 0.29) is 30.9 Å². The van der Waals surface area contributed by atoms with Gasteiger partial charge in [0.15, 0.2) is 0 Å². The van der Waals surface area contributed by atoms with E-state index in [1.807, 2.05) is 12.1 Å². The van der Waals surface area contributed by atoms with E-state index in [9.17, 15) is 0 Å². The Morgan fingerprint density at radius 2 is 1.76 bits per heavy atom. The molecule has 2 aromatic carbocycles. The van der Waals surface area contributed by atoms with Gasteiger partial charge in [0.05, 0.1) is 19.8 Å². The van der Waals surface area contributed by atoms with Crippen molar-refractivity contribution in [1.82, 2.24) is 4.90 Å². The van der Waals surface area contributed by atoms with Crippen molar-refractivity contribution in [3.8, 4) is 5.75 Å². The van der Waals surface area contributed by atoms with E-state index >= 15 is 0 Å². The average Bonchev–Trinajstić information content (AvgIpc) is 2.72. The number of rotatable bonds is 5. The minimum atomic E-state index is 0. The molecule has 0 amide bonds. The molecule has 160 valence electrons. The normalized spacial score (nSPS) is 19.0. The van der Waals surface area contributed by atoms with Gasteiger partial charge >= 0.3 is 0 Å². The molecule has 2 aromatic rings. The average molecular weight is 504 g/mol. The third-order valence-electron chi connectivity index (χ3n) is 5.66. The highest BCUT2D eigenvalue weighted by atomic mass is 79.9. The van der Waals surface area contributed by atoms with E-state index in [4.69, 9.17) is 9.47 Å². The molecule has 1 atom stereocenters. The molecule has 1 saturated heterocycles.